The molecule has 0 aromatic heterocycles. The van der Waals surface area contributed by atoms with Crippen LogP contribution in [-0.4, -0.2) is 40.6 Å². The monoisotopic (exact) mass is 256 g/mol. The first-order valence-electron chi connectivity index (χ1n) is 6.43. The number of urea groups is 1. The SMILES string of the molecule is CC1CC(C)N(C(=O)N[C@@H](C(=O)O)C(C)(C)C)C1. The average Bonchev–Trinajstić information content (AvgIpc) is 2.51. The first-order chi connectivity index (χ1) is 8.12. The molecule has 2 unspecified atom stereocenters. The lowest BCUT2D eigenvalue weighted by Crippen LogP contribution is -2.54. The van der Waals surface area contributed by atoms with Crippen molar-refractivity contribution in [2.75, 3.05) is 6.54 Å². The standard InChI is InChI=1S/C13H24N2O3/c1-8-6-9(2)15(7-8)12(18)14-10(11(16)17)13(3,4)5/h8-10H,6-7H2,1-5H3,(H,14,18)(H,16,17)/t8?,9?,10-/m0/s1. The van der Waals surface area contributed by atoms with Gasteiger partial charge in [-0.2, -0.15) is 0 Å². The number of aliphatic carboxylic acids is 1. The predicted molar refractivity (Wildman–Crippen MR) is 69.4 cm³/mol. The van der Waals surface area contributed by atoms with E-state index in [1.165, 1.54) is 0 Å². The number of likely N-dealkylation sites (tertiary alicyclic amines) is 1. The van der Waals surface area contributed by atoms with Crippen LogP contribution in [0.3, 0.4) is 0 Å². The number of hydrogen-bond acceptors (Lipinski definition) is 2. The number of rotatable bonds is 2. The Kier molecular flexibility index (Phi) is 4.24. The highest BCUT2D eigenvalue weighted by atomic mass is 16.4. The molecular formula is C13H24N2O3. The summed E-state index contributed by atoms with van der Waals surface area (Å²) in [6.07, 6.45) is 0.973. The van der Waals surface area contributed by atoms with Crippen molar-refractivity contribution in [3.8, 4) is 0 Å². The Morgan fingerprint density at radius 1 is 1.33 bits per heavy atom. The summed E-state index contributed by atoms with van der Waals surface area (Å²) in [6, 6.07) is -0.961. The van der Waals surface area contributed by atoms with Gasteiger partial charge in [0.1, 0.15) is 6.04 Å². The highest BCUT2D eigenvalue weighted by molar-refractivity contribution is 5.83. The molecule has 0 aromatic rings. The van der Waals surface area contributed by atoms with Crippen molar-refractivity contribution in [1.29, 1.82) is 0 Å². The third kappa shape index (κ3) is 3.37. The number of amides is 2. The van der Waals surface area contributed by atoms with Crippen LogP contribution in [0, 0.1) is 11.3 Å². The van der Waals surface area contributed by atoms with Crippen molar-refractivity contribution < 1.29 is 14.7 Å². The summed E-state index contributed by atoms with van der Waals surface area (Å²) in [7, 11) is 0. The van der Waals surface area contributed by atoms with Crippen molar-refractivity contribution in [1.82, 2.24) is 10.2 Å². The predicted octanol–water partition coefficient (Wildman–Crippen LogP) is 1.93. The van der Waals surface area contributed by atoms with E-state index in [0.717, 1.165) is 6.42 Å². The lowest BCUT2D eigenvalue weighted by molar-refractivity contribution is -0.142. The molecule has 0 radical (unpaired) electrons. The topological polar surface area (TPSA) is 69.6 Å². The molecule has 1 aliphatic heterocycles. The molecule has 1 aliphatic rings. The molecule has 18 heavy (non-hydrogen) atoms. The molecule has 1 fully saturated rings. The van der Waals surface area contributed by atoms with Crippen molar-refractivity contribution in [2.24, 2.45) is 11.3 Å². The minimum absolute atomic E-state index is 0.175. The molecular weight excluding hydrogens is 232 g/mol. The van der Waals surface area contributed by atoms with Crippen molar-refractivity contribution >= 4 is 12.0 Å². The summed E-state index contributed by atoms with van der Waals surface area (Å²) in [4.78, 5) is 25.1. The summed E-state index contributed by atoms with van der Waals surface area (Å²) in [6.45, 7) is 10.2. The summed E-state index contributed by atoms with van der Waals surface area (Å²) in [5.41, 5.74) is -0.504. The number of carbonyl (C=O) groups excluding carboxylic acids is 1. The Balaban J connectivity index is 2.71. The highest BCUT2D eigenvalue weighted by Crippen LogP contribution is 2.24. The third-order valence-corrected chi connectivity index (χ3v) is 3.43. The minimum Gasteiger partial charge on any atom is -0.480 e. The number of carbonyl (C=O) groups is 2. The fraction of sp³-hybridized carbons (Fsp3) is 0.846. The van der Waals surface area contributed by atoms with Crippen LogP contribution in [0.4, 0.5) is 4.79 Å². The summed E-state index contributed by atoms with van der Waals surface area (Å²) < 4.78 is 0. The molecule has 3 atom stereocenters. The second-order valence-corrected chi connectivity index (χ2v) is 6.43. The Bertz CT molecular complexity index is 336. The number of carboxylic acids is 1. The fourth-order valence-electron chi connectivity index (χ4n) is 2.44. The first kappa shape index (κ1) is 14.8. The van der Waals surface area contributed by atoms with Gasteiger partial charge in [-0.25, -0.2) is 9.59 Å². The van der Waals surface area contributed by atoms with Gasteiger partial charge in [-0.15, -0.1) is 0 Å². The van der Waals surface area contributed by atoms with Gasteiger partial charge in [-0.3, -0.25) is 0 Å². The second-order valence-electron chi connectivity index (χ2n) is 6.43. The first-order valence-corrected chi connectivity index (χ1v) is 6.43. The van der Waals surface area contributed by atoms with Crippen LogP contribution in [0.15, 0.2) is 0 Å². The maximum Gasteiger partial charge on any atom is 0.326 e. The maximum absolute atomic E-state index is 12.1. The van der Waals surface area contributed by atoms with Crippen LogP contribution in [-0.2, 0) is 4.79 Å². The Labute approximate surface area is 109 Å². The van der Waals surface area contributed by atoms with Gasteiger partial charge in [0.05, 0.1) is 0 Å². The number of nitrogens with zero attached hydrogens (tertiary/aromatic N) is 1. The second kappa shape index (κ2) is 5.16. The molecule has 0 bridgehead atoms. The van der Waals surface area contributed by atoms with E-state index in [2.05, 4.69) is 12.2 Å². The van der Waals surface area contributed by atoms with E-state index in [9.17, 15) is 14.7 Å². The van der Waals surface area contributed by atoms with Gasteiger partial charge in [-0.05, 0) is 24.7 Å². The average molecular weight is 256 g/mol. The zero-order chi connectivity index (χ0) is 14.1. The van der Waals surface area contributed by atoms with Gasteiger partial charge >= 0.3 is 12.0 Å². The van der Waals surface area contributed by atoms with Crippen molar-refractivity contribution in [2.45, 2.75) is 53.1 Å². The smallest absolute Gasteiger partial charge is 0.326 e. The molecule has 104 valence electrons. The Hall–Kier alpha value is -1.26. The van der Waals surface area contributed by atoms with Crippen LogP contribution >= 0.6 is 0 Å². The molecule has 1 rings (SSSR count). The molecule has 0 saturated carbocycles. The van der Waals surface area contributed by atoms with Gasteiger partial charge in [0, 0.05) is 12.6 Å². The van der Waals surface area contributed by atoms with Gasteiger partial charge in [0.2, 0.25) is 0 Å². The summed E-state index contributed by atoms with van der Waals surface area (Å²) >= 11 is 0. The van der Waals surface area contributed by atoms with E-state index >= 15 is 0 Å². The van der Waals surface area contributed by atoms with E-state index in [4.69, 9.17) is 0 Å². The maximum atomic E-state index is 12.1. The molecule has 1 saturated heterocycles. The number of nitrogens with one attached hydrogen (secondary N) is 1. The Morgan fingerprint density at radius 2 is 1.89 bits per heavy atom. The van der Waals surface area contributed by atoms with Gasteiger partial charge in [0.25, 0.3) is 0 Å². The van der Waals surface area contributed by atoms with Gasteiger partial charge in [0.15, 0.2) is 0 Å². The normalized spacial score (nSPS) is 25.9. The van der Waals surface area contributed by atoms with E-state index in [0.29, 0.717) is 12.5 Å². The summed E-state index contributed by atoms with van der Waals surface area (Å²) in [5, 5.41) is 11.8. The molecule has 2 N–H and O–H groups in total. The number of hydrogen-bond donors (Lipinski definition) is 2. The van der Waals surface area contributed by atoms with Gasteiger partial charge in [-0.1, -0.05) is 27.7 Å². The molecule has 2 amide bonds. The highest BCUT2D eigenvalue weighted by Gasteiger charge is 2.36. The van der Waals surface area contributed by atoms with Gasteiger partial charge < -0.3 is 15.3 Å². The van der Waals surface area contributed by atoms with Crippen LogP contribution in [0.2, 0.25) is 0 Å². The van der Waals surface area contributed by atoms with E-state index < -0.39 is 17.4 Å². The molecule has 0 spiro atoms. The third-order valence-electron chi connectivity index (χ3n) is 3.43. The van der Waals surface area contributed by atoms with Crippen LogP contribution in [0.5, 0.6) is 0 Å². The summed E-state index contributed by atoms with van der Waals surface area (Å²) in [5.74, 6) is -0.514. The lowest BCUT2D eigenvalue weighted by Gasteiger charge is -2.31. The van der Waals surface area contributed by atoms with E-state index in [1.54, 1.807) is 4.90 Å². The zero-order valence-corrected chi connectivity index (χ0v) is 11.9. The molecule has 5 nitrogen and oxygen atoms in total. The molecule has 5 heteroatoms. The molecule has 0 aliphatic carbocycles. The van der Waals surface area contributed by atoms with Crippen molar-refractivity contribution in [3.63, 3.8) is 0 Å². The van der Waals surface area contributed by atoms with Crippen molar-refractivity contribution in [3.05, 3.63) is 0 Å². The largest absolute Gasteiger partial charge is 0.480 e. The fourth-order valence-corrected chi connectivity index (χ4v) is 2.44. The molecule has 1 heterocycles. The minimum atomic E-state index is -0.990. The van der Waals surface area contributed by atoms with Crippen LogP contribution in [0.25, 0.3) is 0 Å². The van der Waals surface area contributed by atoms with Crippen LogP contribution < -0.4 is 5.32 Å². The lowest BCUT2D eigenvalue weighted by atomic mass is 9.87. The molecule has 0 aromatic carbocycles. The van der Waals surface area contributed by atoms with E-state index in [-0.39, 0.29) is 12.1 Å². The zero-order valence-electron chi connectivity index (χ0n) is 11.9. The number of carboxylic acid groups (broad SMARTS) is 1. The quantitative estimate of drug-likeness (QED) is 0.793. The van der Waals surface area contributed by atoms with E-state index in [1.807, 2.05) is 27.7 Å². The van der Waals surface area contributed by atoms with Crippen LogP contribution in [0.1, 0.15) is 41.0 Å². The Morgan fingerprint density at radius 3 is 2.22 bits per heavy atom.